The zero-order valence-electron chi connectivity index (χ0n) is 9.93. The number of aromatic nitrogens is 1. The molecule has 5 heteroatoms. The van der Waals surface area contributed by atoms with Gasteiger partial charge in [-0.3, -0.25) is 10.8 Å². The summed E-state index contributed by atoms with van der Waals surface area (Å²) >= 11 is 0. The van der Waals surface area contributed by atoms with E-state index >= 15 is 0 Å². The fourth-order valence-electron chi connectivity index (χ4n) is 1.78. The first-order valence-electron chi connectivity index (χ1n) is 5.45. The van der Waals surface area contributed by atoms with Crippen LogP contribution in [0, 0.1) is 5.82 Å². The van der Waals surface area contributed by atoms with Gasteiger partial charge in [0.15, 0.2) is 0 Å². The predicted octanol–water partition coefficient (Wildman–Crippen LogP) is 1.78. The lowest BCUT2D eigenvalue weighted by molar-refractivity contribution is 0.411. The Kier molecular flexibility index (Phi) is 3.86. The van der Waals surface area contributed by atoms with Crippen LogP contribution in [0.5, 0.6) is 5.75 Å². The predicted molar refractivity (Wildman–Crippen MR) is 66.4 cm³/mol. The molecule has 1 heterocycles. The van der Waals surface area contributed by atoms with Crippen molar-refractivity contribution in [2.45, 2.75) is 6.04 Å². The molecule has 0 saturated heterocycles. The number of ether oxygens (including phenoxy) is 1. The van der Waals surface area contributed by atoms with Crippen LogP contribution in [0.1, 0.15) is 17.2 Å². The molecule has 0 aliphatic rings. The zero-order chi connectivity index (χ0) is 13.0. The number of methoxy groups -OCH3 is 1. The van der Waals surface area contributed by atoms with E-state index in [2.05, 4.69) is 10.4 Å². The second kappa shape index (κ2) is 5.57. The maximum atomic E-state index is 13.7. The number of hydrazine groups is 1. The molecule has 94 valence electrons. The van der Waals surface area contributed by atoms with Gasteiger partial charge in [0.25, 0.3) is 0 Å². The molecular formula is C13H14FN3O. The van der Waals surface area contributed by atoms with E-state index in [-0.39, 0.29) is 5.82 Å². The Labute approximate surface area is 105 Å². The van der Waals surface area contributed by atoms with Crippen molar-refractivity contribution in [3.63, 3.8) is 0 Å². The zero-order valence-corrected chi connectivity index (χ0v) is 9.93. The van der Waals surface area contributed by atoms with Crippen molar-refractivity contribution >= 4 is 0 Å². The van der Waals surface area contributed by atoms with E-state index in [9.17, 15) is 4.39 Å². The summed E-state index contributed by atoms with van der Waals surface area (Å²) < 4.78 is 18.8. The van der Waals surface area contributed by atoms with Crippen LogP contribution in [0.15, 0.2) is 42.7 Å². The first-order chi connectivity index (χ1) is 8.76. The highest BCUT2D eigenvalue weighted by atomic mass is 19.1. The summed E-state index contributed by atoms with van der Waals surface area (Å²) in [6.45, 7) is 0. The van der Waals surface area contributed by atoms with E-state index in [1.165, 1.54) is 6.07 Å². The number of hydrogen-bond donors (Lipinski definition) is 2. The minimum atomic E-state index is -0.464. The van der Waals surface area contributed by atoms with Crippen LogP contribution >= 0.6 is 0 Å². The molecule has 1 aromatic carbocycles. The Bertz CT molecular complexity index is 533. The molecule has 1 aromatic heterocycles. The van der Waals surface area contributed by atoms with Crippen molar-refractivity contribution in [1.82, 2.24) is 10.4 Å². The highest BCUT2D eigenvalue weighted by molar-refractivity contribution is 5.34. The average Bonchev–Trinajstić information content (AvgIpc) is 2.42. The van der Waals surface area contributed by atoms with Crippen LogP contribution in [-0.2, 0) is 0 Å². The molecule has 1 unspecified atom stereocenters. The Morgan fingerprint density at radius 2 is 2.11 bits per heavy atom. The monoisotopic (exact) mass is 247 g/mol. The van der Waals surface area contributed by atoms with Gasteiger partial charge in [0.1, 0.15) is 11.6 Å². The lowest BCUT2D eigenvalue weighted by atomic mass is 10.0. The molecular weight excluding hydrogens is 233 g/mol. The van der Waals surface area contributed by atoms with Gasteiger partial charge in [0, 0.05) is 11.8 Å². The lowest BCUT2D eigenvalue weighted by Gasteiger charge is -2.17. The van der Waals surface area contributed by atoms with Gasteiger partial charge in [-0.2, -0.15) is 0 Å². The molecule has 1 atom stereocenters. The Hall–Kier alpha value is -1.98. The number of benzene rings is 1. The van der Waals surface area contributed by atoms with Gasteiger partial charge in [-0.1, -0.05) is 18.2 Å². The Morgan fingerprint density at radius 1 is 1.33 bits per heavy atom. The van der Waals surface area contributed by atoms with Crippen LogP contribution in [0.4, 0.5) is 4.39 Å². The summed E-state index contributed by atoms with van der Waals surface area (Å²) in [5.74, 6) is 5.80. The number of nitrogens with two attached hydrogens (primary N) is 1. The molecule has 0 aliphatic heterocycles. The number of hydrogen-bond acceptors (Lipinski definition) is 4. The molecule has 2 aromatic rings. The lowest BCUT2D eigenvalue weighted by Crippen LogP contribution is -2.29. The van der Waals surface area contributed by atoms with E-state index in [1.54, 1.807) is 43.8 Å². The molecule has 0 aliphatic carbocycles. The molecule has 0 amide bonds. The third-order valence-corrected chi connectivity index (χ3v) is 2.69. The highest BCUT2D eigenvalue weighted by Crippen LogP contribution is 2.25. The van der Waals surface area contributed by atoms with E-state index in [0.717, 1.165) is 5.56 Å². The van der Waals surface area contributed by atoms with E-state index in [1.807, 2.05) is 0 Å². The van der Waals surface area contributed by atoms with E-state index < -0.39 is 6.04 Å². The van der Waals surface area contributed by atoms with Crippen molar-refractivity contribution in [2.75, 3.05) is 7.11 Å². The molecule has 0 saturated carbocycles. The standard InChI is InChI=1S/C13H14FN3O/c1-18-10-6-9(7-16-8-10)13(17-15)11-4-2-3-5-12(11)14/h2-8,13,17H,15H2,1H3. The first kappa shape index (κ1) is 12.5. The summed E-state index contributed by atoms with van der Waals surface area (Å²) in [5.41, 5.74) is 3.80. The van der Waals surface area contributed by atoms with E-state index in [4.69, 9.17) is 10.6 Å². The fourth-order valence-corrected chi connectivity index (χ4v) is 1.78. The minimum Gasteiger partial charge on any atom is -0.495 e. The van der Waals surface area contributed by atoms with Gasteiger partial charge >= 0.3 is 0 Å². The summed E-state index contributed by atoms with van der Waals surface area (Å²) in [4.78, 5) is 4.04. The second-order valence-corrected chi connectivity index (χ2v) is 3.78. The van der Waals surface area contributed by atoms with Crippen molar-refractivity contribution in [2.24, 2.45) is 5.84 Å². The number of nitrogens with zero attached hydrogens (tertiary/aromatic N) is 1. The van der Waals surface area contributed by atoms with Gasteiger partial charge in [0.05, 0.1) is 19.3 Å². The normalized spacial score (nSPS) is 12.2. The molecule has 0 spiro atoms. The van der Waals surface area contributed by atoms with Crippen molar-refractivity contribution in [1.29, 1.82) is 0 Å². The summed E-state index contributed by atoms with van der Waals surface area (Å²) in [6, 6.07) is 7.78. The van der Waals surface area contributed by atoms with Crippen molar-refractivity contribution in [3.05, 3.63) is 59.7 Å². The molecule has 18 heavy (non-hydrogen) atoms. The van der Waals surface area contributed by atoms with Crippen LogP contribution in [0.2, 0.25) is 0 Å². The summed E-state index contributed by atoms with van der Waals surface area (Å²) in [7, 11) is 1.55. The van der Waals surface area contributed by atoms with Crippen molar-refractivity contribution < 1.29 is 9.13 Å². The van der Waals surface area contributed by atoms with Crippen LogP contribution < -0.4 is 16.0 Å². The summed E-state index contributed by atoms with van der Waals surface area (Å²) in [5, 5.41) is 0. The SMILES string of the molecule is COc1cncc(C(NN)c2ccccc2F)c1. The molecule has 0 radical (unpaired) electrons. The maximum absolute atomic E-state index is 13.7. The topological polar surface area (TPSA) is 60.2 Å². The maximum Gasteiger partial charge on any atom is 0.137 e. The number of halogens is 1. The van der Waals surface area contributed by atoms with Gasteiger partial charge in [-0.05, 0) is 17.7 Å². The van der Waals surface area contributed by atoms with Crippen LogP contribution in [0.3, 0.4) is 0 Å². The minimum absolute atomic E-state index is 0.316. The molecule has 4 nitrogen and oxygen atoms in total. The highest BCUT2D eigenvalue weighted by Gasteiger charge is 2.16. The number of nitrogens with one attached hydrogen (secondary N) is 1. The molecule has 3 N–H and O–H groups in total. The average molecular weight is 247 g/mol. The van der Waals surface area contributed by atoms with Gasteiger partial charge in [0.2, 0.25) is 0 Å². The first-order valence-corrected chi connectivity index (χ1v) is 5.45. The third kappa shape index (κ3) is 2.47. The Morgan fingerprint density at radius 3 is 2.78 bits per heavy atom. The fraction of sp³-hybridized carbons (Fsp3) is 0.154. The molecule has 0 bridgehead atoms. The third-order valence-electron chi connectivity index (χ3n) is 2.69. The van der Waals surface area contributed by atoms with Crippen LogP contribution in [-0.4, -0.2) is 12.1 Å². The van der Waals surface area contributed by atoms with Crippen molar-refractivity contribution in [3.8, 4) is 5.75 Å². The second-order valence-electron chi connectivity index (χ2n) is 3.78. The van der Waals surface area contributed by atoms with E-state index in [0.29, 0.717) is 11.3 Å². The molecule has 0 fully saturated rings. The number of rotatable bonds is 4. The smallest absolute Gasteiger partial charge is 0.137 e. The van der Waals surface area contributed by atoms with Gasteiger partial charge in [-0.25, -0.2) is 9.82 Å². The number of pyridine rings is 1. The largest absolute Gasteiger partial charge is 0.495 e. The quantitative estimate of drug-likeness (QED) is 0.638. The Balaban J connectivity index is 2.42. The summed E-state index contributed by atoms with van der Waals surface area (Å²) in [6.07, 6.45) is 3.21. The van der Waals surface area contributed by atoms with Gasteiger partial charge < -0.3 is 4.74 Å². The van der Waals surface area contributed by atoms with Gasteiger partial charge in [-0.15, -0.1) is 0 Å². The van der Waals surface area contributed by atoms with Crippen LogP contribution in [0.25, 0.3) is 0 Å². The molecule has 2 rings (SSSR count).